The van der Waals surface area contributed by atoms with Crippen molar-refractivity contribution in [2.24, 2.45) is 0 Å². The molecule has 4 aromatic rings. The maximum atomic E-state index is 12.7. The van der Waals surface area contributed by atoms with Crippen molar-refractivity contribution in [2.75, 3.05) is 32.4 Å². The Kier molecular flexibility index (Phi) is 8.30. The van der Waals surface area contributed by atoms with Crippen LogP contribution in [0.3, 0.4) is 0 Å². The van der Waals surface area contributed by atoms with E-state index in [0.717, 1.165) is 0 Å². The van der Waals surface area contributed by atoms with Crippen LogP contribution < -0.4 is 14.8 Å². The van der Waals surface area contributed by atoms with Crippen LogP contribution in [0.5, 0.6) is 11.5 Å². The van der Waals surface area contributed by atoms with Crippen LogP contribution >= 0.6 is 11.8 Å². The summed E-state index contributed by atoms with van der Waals surface area (Å²) < 4.78 is 21.7. The molecule has 2 aromatic heterocycles. The lowest BCUT2D eigenvalue weighted by molar-refractivity contribution is -0.119. The highest BCUT2D eigenvalue weighted by Crippen LogP contribution is 2.42. The number of aromatic nitrogens is 1. The Morgan fingerprint density at radius 3 is 2.21 bits per heavy atom. The molecular weight excluding hydrogens is 506 g/mol. The molecule has 10 heteroatoms. The summed E-state index contributed by atoms with van der Waals surface area (Å²) in [6, 6.07) is 19.5. The molecule has 9 nitrogen and oxygen atoms in total. The summed E-state index contributed by atoms with van der Waals surface area (Å²) in [6.07, 6.45) is 3.35. The number of nitriles is 1. The molecule has 1 amide bonds. The summed E-state index contributed by atoms with van der Waals surface area (Å²) >= 11 is 1.29. The van der Waals surface area contributed by atoms with E-state index in [2.05, 4.69) is 16.4 Å². The first-order valence-corrected chi connectivity index (χ1v) is 12.5. The van der Waals surface area contributed by atoms with Crippen LogP contribution in [0, 0.1) is 11.3 Å². The monoisotopic (exact) mass is 529 g/mol. The van der Waals surface area contributed by atoms with E-state index >= 15 is 0 Å². The zero-order chi connectivity index (χ0) is 27.1. The largest absolute Gasteiger partial charge is 0.497 e. The Morgan fingerprint density at radius 2 is 1.63 bits per heavy atom. The second kappa shape index (κ2) is 12.0. The summed E-state index contributed by atoms with van der Waals surface area (Å²) in [5, 5.41) is 13.1. The zero-order valence-corrected chi connectivity index (χ0v) is 21.6. The van der Waals surface area contributed by atoms with Gasteiger partial charge in [0.05, 0.1) is 19.8 Å². The fourth-order valence-corrected chi connectivity index (χ4v) is 4.22. The Balaban J connectivity index is 1.64. The molecule has 2 heterocycles. The normalized spacial score (nSPS) is 10.4. The second-order valence-corrected chi connectivity index (χ2v) is 8.56. The summed E-state index contributed by atoms with van der Waals surface area (Å²) in [5.41, 5.74) is 2.23. The number of pyridine rings is 1. The third-order valence-corrected chi connectivity index (χ3v) is 6.23. The molecule has 0 spiro atoms. The van der Waals surface area contributed by atoms with E-state index in [1.165, 1.54) is 11.8 Å². The number of carbonyl (C=O) groups is 2. The molecule has 0 aliphatic heterocycles. The third-order valence-electron chi connectivity index (χ3n) is 5.52. The molecule has 1 N–H and O–H groups in total. The average molecular weight is 530 g/mol. The SMILES string of the molecule is COc1ccc(-c2oc(NC(=O)COC(=O)c3cccnc3SC)c(C#N)c2-c2ccc(OC)cc2)cc1. The third kappa shape index (κ3) is 5.63. The average Bonchev–Trinajstić information content (AvgIpc) is 3.33. The van der Waals surface area contributed by atoms with Gasteiger partial charge in [0.2, 0.25) is 5.88 Å². The van der Waals surface area contributed by atoms with Crippen molar-refractivity contribution in [3.8, 4) is 40.0 Å². The highest BCUT2D eigenvalue weighted by atomic mass is 32.2. The number of esters is 1. The molecule has 0 fully saturated rings. The molecule has 0 aliphatic rings. The summed E-state index contributed by atoms with van der Waals surface area (Å²) in [4.78, 5) is 29.3. The van der Waals surface area contributed by atoms with Gasteiger partial charge in [0.25, 0.3) is 5.91 Å². The molecule has 0 bridgehead atoms. The van der Waals surface area contributed by atoms with E-state index in [1.54, 1.807) is 87.3 Å². The summed E-state index contributed by atoms with van der Waals surface area (Å²) in [7, 11) is 3.13. The highest BCUT2D eigenvalue weighted by Gasteiger charge is 2.25. The van der Waals surface area contributed by atoms with Crippen molar-refractivity contribution in [1.29, 1.82) is 5.26 Å². The van der Waals surface area contributed by atoms with Gasteiger partial charge < -0.3 is 18.6 Å². The molecule has 0 atom stereocenters. The number of benzene rings is 2. The number of amides is 1. The maximum absolute atomic E-state index is 12.7. The van der Waals surface area contributed by atoms with Gasteiger partial charge in [-0.3, -0.25) is 10.1 Å². The van der Waals surface area contributed by atoms with Crippen LogP contribution in [-0.2, 0) is 9.53 Å². The number of anilines is 1. The fraction of sp³-hybridized carbons (Fsp3) is 0.143. The molecule has 192 valence electrons. The summed E-state index contributed by atoms with van der Waals surface area (Å²) in [6.45, 7) is -0.581. The molecule has 4 rings (SSSR count). The van der Waals surface area contributed by atoms with Gasteiger partial charge in [0.1, 0.15) is 33.9 Å². The van der Waals surface area contributed by atoms with Gasteiger partial charge >= 0.3 is 5.97 Å². The second-order valence-electron chi connectivity index (χ2n) is 7.76. The van der Waals surface area contributed by atoms with E-state index in [-0.39, 0.29) is 17.0 Å². The Bertz CT molecular complexity index is 1490. The van der Waals surface area contributed by atoms with E-state index in [0.29, 0.717) is 39.0 Å². The standard InChI is InChI=1S/C28H23N3O6S/c1-34-19-10-6-17(7-11-19)24-22(15-29)26(37-25(24)18-8-12-20(35-2)13-9-18)31-23(32)16-36-28(33)21-5-4-14-30-27(21)38-3/h4-14H,16H2,1-3H3,(H,31,32). The lowest BCUT2D eigenvalue weighted by atomic mass is 9.98. The van der Waals surface area contributed by atoms with Gasteiger partial charge in [-0.15, -0.1) is 11.8 Å². The Labute approximate surface area is 223 Å². The molecule has 2 aromatic carbocycles. The number of furan rings is 1. The predicted molar refractivity (Wildman–Crippen MR) is 142 cm³/mol. The Morgan fingerprint density at radius 1 is 1.00 bits per heavy atom. The smallest absolute Gasteiger partial charge is 0.341 e. The predicted octanol–water partition coefficient (Wildman–Crippen LogP) is 5.41. The number of nitrogens with zero attached hydrogens (tertiary/aromatic N) is 2. The van der Waals surface area contributed by atoms with Gasteiger partial charge in [-0.05, 0) is 60.4 Å². The van der Waals surface area contributed by atoms with Crippen molar-refractivity contribution in [3.05, 3.63) is 78.0 Å². The van der Waals surface area contributed by atoms with Gasteiger partial charge in [-0.2, -0.15) is 5.26 Å². The zero-order valence-electron chi connectivity index (χ0n) is 20.8. The number of hydrogen-bond acceptors (Lipinski definition) is 9. The van der Waals surface area contributed by atoms with Crippen LogP contribution in [0.25, 0.3) is 22.5 Å². The Hall–Kier alpha value is -4.75. The number of hydrogen-bond donors (Lipinski definition) is 1. The van der Waals surface area contributed by atoms with Crippen LogP contribution in [-0.4, -0.2) is 43.9 Å². The minimum atomic E-state index is -0.685. The molecule has 38 heavy (non-hydrogen) atoms. The first kappa shape index (κ1) is 26.3. The summed E-state index contributed by atoms with van der Waals surface area (Å²) in [5.74, 6) is 0.268. The molecule has 0 unspecified atom stereocenters. The quantitative estimate of drug-likeness (QED) is 0.224. The van der Waals surface area contributed by atoms with Crippen molar-refractivity contribution >= 4 is 29.5 Å². The number of thioether (sulfide) groups is 1. The van der Waals surface area contributed by atoms with Gasteiger partial charge in [-0.25, -0.2) is 9.78 Å². The molecule has 0 saturated heterocycles. The van der Waals surface area contributed by atoms with Crippen LogP contribution in [0.4, 0.5) is 5.88 Å². The fourth-order valence-electron chi connectivity index (χ4n) is 3.69. The number of carbonyl (C=O) groups excluding carboxylic acids is 2. The molecule has 0 aliphatic carbocycles. The van der Waals surface area contributed by atoms with Crippen LogP contribution in [0.15, 0.2) is 76.3 Å². The van der Waals surface area contributed by atoms with Gasteiger partial charge in [-0.1, -0.05) is 12.1 Å². The number of methoxy groups -OCH3 is 2. The minimum absolute atomic E-state index is 0.0589. The van der Waals surface area contributed by atoms with Crippen LogP contribution in [0.2, 0.25) is 0 Å². The minimum Gasteiger partial charge on any atom is -0.497 e. The topological polar surface area (TPSA) is 124 Å². The van der Waals surface area contributed by atoms with Gasteiger partial charge in [0.15, 0.2) is 6.61 Å². The maximum Gasteiger partial charge on any atom is 0.341 e. The van der Waals surface area contributed by atoms with Crippen molar-refractivity contribution in [1.82, 2.24) is 4.98 Å². The number of ether oxygens (including phenoxy) is 3. The first-order valence-electron chi connectivity index (χ1n) is 11.3. The number of nitrogens with one attached hydrogen (secondary N) is 1. The van der Waals surface area contributed by atoms with Gasteiger partial charge in [0, 0.05) is 17.3 Å². The first-order chi connectivity index (χ1) is 18.5. The lowest BCUT2D eigenvalue weighted by Gasteiger charge is -2.07. The van der Waals surface area contributed by atoms with E-state index in [1.807, 2.05) is 0 Å². The van der Waals surface area contributed by atoms with E-state index in [4.69, 9.17) is 18.6 Å². The van der Waals surface area contributed by atoms with Crippen molar-refractivity contribution in [2.45, 2.75) is 5.03 Å². The lowest BCUT2D eigenvalue weighted by Crippen LogP contribution is -2.21. The van der Waals surface area contributed by atoms with Crippen LogP contribution in [0.1, 0.15) is 15.9 Å². The molecule has 0 saturated carbocycles. The van der Waals surface area contributed by atoms with Crippen molar-refractivity contribution in [3.63, 3.8) is 0 Å². The highest BCUT2D eigenvalue weighted by molar-refractivity contribution is 7.98. The molecule has 0 radical (unpaired) electrons. The number of rotatable bonds is 9. The van der Waals surface area contributed by atoms with E-state index in [9.17, 15) is 14.9 Å². The molecular formula is C28H23N3O6S. The van der Waals surface area contributed by atoms with Crippen molar-refractivity contribution < 1.29 is 28.2 Å². The van der Waals surface area contributed by atoms with E-state index < -0.39 is 18.5 Å².